The van der Waals surface area contributed by atoms with Crippen LogP contribution in [-0.2, 0) is 10.2 Å². The molecule has 5 heteroatoms. The highest BCUT2D eigenvalue weighted by molar-refractivity contribution is 5.89. The second-order valence-electron chi connectivity index (χ2n) is 5.37. The van der Waals surface area contributed by atoms with Crippen molar-refractivity contribution in [1.29, 1.82) is 0 Å². The fourth-order valence-electron chi connectivity index (χ4n) is 1.45. The molecular formula is C14H20O5. The van der Waals surface area contributed by atoms with Crippen molar-refractivity contribution >= 4 is 5.97 Å². The molecule has 0 saturated heterocycles. The van der Waals surface area contributed by atoms with Crippen LogP contribution in [0.1, 0.15) is 36.7 Å². The summed E-state index contributed by atoms with van der Waals surface area (Å²) in [5.41, 5.74) is 1.33. The van der Waals surface area contributed by atoms with Gasteiger partial charge in [0.25, 0.3) is 0 Å². The molecule has 106 valence electrons. The Morgan fingerprint density at radius 2 is 1.74 bits per heavy atom. The number of hydrogen-bond donors (Lipinski definition) is 3. The molecule has 1 rings (SSSR count). The van der Waals surface area contributed by atoms with Crippen molar-refractivity contribution in [3.63, 3.8) is 0 Å². The molecule has 19 heavy (non-hydrogen) atoms. The maximum absolute atomic E-state index is 11.7. The molecule has 2 atom stereocenters. The zero-order valence-corrected chi connectivity index (χ0v) is 11.3. The van der Waals surface area contributed by atoms with Crippen LogP contribution in [0.3, 0.4) is 0 Å². The minimum absolute atomic E-state index is 0.0188. The van der Waals surface area contributed by atoms with E-state index in [1.807, 2.05) is 12.1 Å². The van der Waals surface area contributed by atoms with Gasteiger partial charge in [0.05, 0.1) is 12.2 Å². The first kappa shape index (κ1) is 15.6. The van der Waals surface area contributed by atoms with Gasteiger partial charge < -0.3 is 20.1 Å². The average Bonchev–Trinajstić information content (AvgIpc) is 2.36. The molecule has 0 spiro atoms. The number of carbonyl (C=O) groups excluding carboxylic acids is 1. The Hall–Kier alpha value is -1.43. The Labute approximate surface area is 112 Å². The summed E-state index contributed by atoms with van der Waals surface area (Å²) in [5.74, 6) is -0.750. The van der Waals surface area contributed by atoms with Gasteiger partial charge in [-0.25, -0.2) is 4.79 Å². The summed E-state index contributed by atoms with van der Waals surface area (Å²) in [6.45, 7) is 5.49. The van der Waals surface area contributed by atoms with E-state index in [4.69, 9.17) is 10.2 Å². The summed E-state index contributed by atoms with van der Waals surface area (Å²) < 4.78 is 4.62. The van der Waals surface area contributed by atoms with Gasteiger partial charge in [0, 0.05) is 0 Å². The maximum atomic E-state index is 11.7. The van der Waals surface area contributed by atoms with Gasteiger partial charge in [-0.1, -0.05) is 32.9 Å². The number of aliphatic hydroxyl groups excluding tert-OH is 3. The van der Waals surface area contributed by atoms with Crippen LogP contribution < -0.4 is 0 Å². The summed E-state index contributed by atoms with van der Waals surface area (Å²) in [6, 6.07) is 6.82. The highest BCUT2D eigenvalue weighted by atomic mass is 16.6. The molecule has 0 fully saturated rings. The number of ether oxygens (including phenoxy) is 1. The Kier molecular flexibility index (Phi) is 5.05. The largest absolute Gasteiger partial charge is 0.429 e. The lowest BCUT2D eigenvalue weighted by Gasteiger charge is -2.19. The molecule has 0 amide bonds. The van der Waals surface area contributed by atoms with E-state index in [1.54, 1.807) is 12.1 Å². The van der Waals surface area contributed by atoms with E-state index in [2.05, 4.69) is 25.5 Å². The SMILES string of the molecule is CC(C)(C)c1ccc(C(=O)OC(O)C(O)CO)cc1. The van der Waals surface area contributed by atoms with Crippen LogP contribution in [0, 0.1) is 0 Å². The summed E-state index contributed by atoms with van der Waals surface area (Å²) in [4.78, 5) is 11.7. The standard InChI is InChI=1S/C14H20O5/c1-14(2,3)10-6-4-9(5-7-10)12(17)19-13(18)11(16)8-15/h4-7,11,13,15-16,18H,8H2,1-3H3. The summed E-state index contributed by atoms with van der Waals surface area (Å²) in [6.07, 6.45) is -3.24. The van der Waals surface area contributed by atoms with Gasteiger partial charge in [0.15, 0.2) is 0 Å². The van der Waals surface area contributed by atoms with Gasteiger partial charge in [-0.05, 0) is 23.1 Å². The number of esters is 1. The van der Waals surface area contributed by atoms with Gasteiger partial charge in [0.2, 0.25) is 6.29 Å². The second-order valence-corrected chi connectivity index (χ2v) is 5.37. The number of benzene rings is 1. The zero-order chi connectivity index (χ0) is 14.6. The fourth-order valence-corrected chi connectivity index (χ4v) is 1.45. The summed E-state index contributed by atoms with van der Waals surface area (Å²) >= 11 is 0. The van der Waals surface area contributed by atoms with E-state index < -0.39 is 25.0 Å². The second kappa shape index (κ2) is 6.14. The van der Waals surface area contributed by atoms with Crippen molar-refractivity contribution in [2.75, 3.05) is 6.61 Å². The monoisotopic (exact) mass is 268 g/mol. The molecule has 1 aromatic rings. The third-order valence-electron chi connectivity index (χ3n) is 2.73. The van der Waals surface area contributed by atoms with E-state index in [-0.39, 0.29) is 11.0 Å². The Morgan fingerprint density at radius 3 is 2.16 bits per heavy atom. The summed E-state index contributed by atoms with van der Waals surface area (Å²) in [7, 11) is 0. The molecule has 2 unspecified atom stereocenters. The van der Waals surface area contributed by atoms with Crippen LogP contribution in [0.15, 0.2) is 24.3 Å². The lowest BCUT2D eigenvalue weighted by Crippen LogP contribution is -2.33. The van der Waals surface area contributed by atoms with E-state index in [0.717, 1.165) is 5.56 Å². The third kappa shape index (κ3) is 4.31. The lowest BCUT2D eigenvalue weighted by atomic mass is 9.87. The Morgan fingerprint density at radius 1 is 1.21 bits per heavy atom. The number of carbonyl (C=O) groups is 1. The van der Waals surface area contributed by atoms with Crippen LogP contribution in [-0.4, -0.2) is 40.3 Å². The van der Waals surface area contributed by atoms with Crippen molar-refractivity contribution in [3.05, 3.63) is 35.4 Å². The van der Waals surface area contributed by atoms with Gasteiger partial charge in [-0.15, -0.1) is 0 Å². The minimum atomic E-state index is -1.74. The first-order chi connectivity index (χ1) is 8.75. The topological polar surface area (TPSA) is 87.0 Å². The highest BCUT2D eigenvalue weighted by Crippen LogP contribution is 2.22. The molecule has 0 saturated carbocycles. The van der Waals surface area contributed by atoms with Gasteiger partial charge >= 0.3 is 5.97 Å². The molecule has 0 bridgehead atoms. The smallest absolute Gasteiger partial charge is 0.340 e. The van der Waals surface area contributed by atoms with Gasteiger partial charge in [0.1, 0.15) is 6.10 Å². The zero-order valence-electron chi connectivity index (χ0n) is 11.3. The average molecular weight is 268 g/mol. The van der Waals surface area contributed by atoms with Crippen LogP contribution in [0.25, 0.3) is 0 Å². The van der Waals surface area contributed by atoms with Crippen molar-refractivity contribution < 1.29 is 24.9 Å². The van der Waals surface area contributed by atoms with E-state index in [9.17, 15) is 9.90 Å². The van der Waals surface area contributed by atoms with Gasteiger partial charge in [-0.3, -0.25) is 0 Å². The van der Waals surface area contributed by atoms with Crippen LogP contribution in [0.2, 0.25) is 0 Å². The van der Waals surface area contributed by atoms with E-state index in [1.165, 1.54) is 0 Å². The molecule has 0 radical (unpaired) electrons. The van der Waals surface area contributed by atoms with E-state index in [0.29, 0.717) is 0 Å². The maximum Gasteiger partial charge on any atom is 0.340 e. The fraction of sp³-hybridized carbons (Fsp3) is 0.500. The lowest BCUT2D eigenvalue weighted by molar-refractivity contribution is -0.140. The molecule has 3 N–H and O–H groups in total. The third-order valence-corrected chi connectivity index (χ3v) is 2.73. The molecule has 0 aliphatic rings. The molecule has 0 heterocycles. The molecule has 0 aliphatic carbocycles. The van der Waals surface area contributed by atoms with Crippen LogP contribution in [0.4, 0.5) is 0 Å². The number of hydrogen-bond acceptors (Lipinski definition) is 5. The predicted octanol–water partition coefficient (Wildman–Crippen LogP) is 0.812. The van der Waals surface area contributed by atoms with Crippen molar-refractivity contribution in [2.45, 2.75) is 38.6 Å². The predicted molar refractivity (Wildman–Crippen MR) is 69.7 cm³/mol. The van der Waals surface area contributed by atoms with Crippen LogP contribution >= 0.6 is 0 Å². The minimum Gasteiger partial charge on any atom is -0.429 e. The molecular weight excluding hydrogens is 248 g/mol. The molecule has 0 aromatic heterocycles. The summed E-state index contributed by atoms with van der Waals surface area (Å²) in [5, 5.41) is 27.0. The number of aliphatic hydroxyl groups is 3. The molecule has 1 aromatic carbocycles. The molecule has 0 aliphatic heterocycles. The Balaban J connectivity index is 2.74. The normalized spacial score (nSPS) is 14.8. The highest BCUT2D eigenvalue weighted by Gasteiger charge is 2.21. The quantitative estimate of drug-likeness (QED) is 0.555. The van der Waals surface area contributed by atoms with Crippen molar-refractivity contribution in [3.8, 4) is 0 Å². The van der Waals surface area contributed by atoms with Crippen LogP contribution in [0.5, 0.6) is 0 Å². The molecule has 5 nitrogen and oxygen atoms in total. The number of rotatable bonds is 4. The van der Waals surface area contributed by atoms with E-state index >= 15 is 0 Å². The van der Waals surface area contributed by atoms with Crippen molar-refractivity contribution in [1.82, 2.24) is 0 Å². The first-order valence-electron chi connectivity index (χ1n) is 6.04. The Bertz CT molecular complexity index is 418. The van der Waals surface area contributed by atoms with Crippen molar-refractivity contribution in [2.24, 2.45) is 0 Å². The van der Waals surface area contributed by atoms with Gasteiger partial charge in [-0.2, -0.15) is 0 Å². The first-order valence-corrected chi connectivity index (χ1v) is 6.04.